The quantitative estimate of drug-likeness (QED) is 0.325. The first-order valence-electron chi connectivity index (χ1n) is 8.46. The molecule has 0 aliphatic heterocycles. The molecule has 0 saturated heterocycles. The van der Waals surface area contributed by atoms with Crippen molar-refractivity contribution in [2.24, 2.45) is 0 Å². The lowest BCUT2D eigenvalue weighted by molar-refractivity contribution is -0.132. The summed E-state index contributed by atoms with van der Waals surface area (Å²) in [7, 11) is 0. The van der Waals surface area contributed by atoms with Gasteiger partial charge in [0.15, 0.2) is 0 Å². The molecule has 0 aromatic heterocycles. The molecule has 5 heteroatoms. The Morgan fingerprint density at radius 1 is 1.00 bits per heavy atom. The van der Waals surface area contributed by atoms with Gasteiger partial charge in [0.1, 0.15) is 11.5 Å². The molecule has 0 heterocycles. The first-order chi connectivity index (χ1) is 12.5. The van der Waals surface area contributed by atoms with Crippen LogP contribution in [-0.2, 0) is 4.79 Å². The number of carbonyl (C=O) groups is 2. The number of hydrogen-bond donors (Lipinski definition) is 1. The minimum Gasteiger partial charge on any atom is -0.494 e. The van der Waals surface area contributed by atoms with Crippen LogP contribution in [0.1, 0.15) is 42.6 Å². The number of benzene rings is 2. The summed E-state index contributed by atoms with van der Waals surface area (Å²) in [6, 6.07) is 13.5. The molecule has 0 bridgehead atoms. The van der Waals surface area contributed by atoms with Crippen molar-refractivity contribution in [2.75, 3.05) is 6.61 Å². The van der Waals surface area contributed by atoms with E-state index in [9.17, 15) is 9.59 Å². The Balaban J connectivity index is 1.96. The first-order valence-corrected chi connectivity index (χ1v) is 8.46. The van der Waals surface area contributed by atoms with Gasteiger partial charge in [-0.25, -0.2) is 9.59 Å². The maximum atomic E-state index is 12.2. The van der Waals surface area contributed by atoms with Gasteiger partial charge in [-0.2, -0.15) is 0 Å². The average Bonchev–Trinajstić information content (AvgIpc) is 2.64. The summed E-state index contributed by atoms with van der Waals surface area (Å²) in [6.45, 7) is 4.27. The molecule has 0 saturated carbocycles. The molecule has 136 valence electrons. The Hall–Kier alpha value is -3.08. The van der Waals surface area contributed by atoms with E-state index in [-0.39, 0.29) is 5.57 Å². The SMILES string of the molecule is CCCCOc1ccc(C(=O)Oc2ccc(C=C(C)C(=O)O)cc2)cc1. The molecule has 0 amide bonds. The van der Waals surface area contributed by atoms with E-state index < -0.39 is 11.9 Å². The standard InChI is InChI=1S/C21H22O5/c1-3-4-13-25-18-11-7-17(8-12-18)21(24)26-19-9-5-16(6-10-19)14-15(2)20(22)23/h5-12,14H,3-4,13H2,1-2H3,(H,22,23). The van der Waals surface area contributed by atoms with E-state index in [1.54, 1.807) is 54.6 Å². The summed E-state index contributed by atoms with van der Waals surface area (Å²) >= 11 is 0. The molecule has 0 atom stereocenters. The zero-order valence-corrected chi connectivity index (χ0v) is 14.9. The van der Waals surface area contributed by atoms with Crippen molar-refractivity contribution < 1.29 is 24.2 Å². The fourth-order valence-electron chi connectivity index (χ4n) is 2.13. The summed E-state index contributed by atoms with van der Waals surface area (Å²) < 4.78 is 10.9. The van der Waals surface area contributed by atoms with Crippen LogP contribution in [0.4, 0.5) is 0 Å². The number of hydrogen-bond acceptors (Lipinski definition) is 4. The molecule has 1 N–H and O–H groups in total. The van der Waals surface area contributed by atoms with Crippen molar-refractivity contribution in [1.82, 2.24) is 0 Å². The molecule has 2 aromatic carbocycles. The van der Waals surface area contributed by atoms with Crippen LogP contribution >= 0.6 is 0 Å². The molecule has 26 heavy (non-hydrogen) atoms. The molecule has 2 aromatic rings. The van der Waals surface area contributed by atoms with E-state index in [0.717, 1.165) is 24.2 Å². The van der Waals surface area contributed by atoms with Gasteiger partial charge in [-0.05, 0) is 61.4 Å². The maximum absolute atomic E-state index is 12.2. The van der Waals surface area contributed by atoms with Crippen LogP contribution in [0.2, 0.25) is 0 Å². The summed E-state index contributed by atoms with van der Waals surface area (Å²) in [5.41, 5.74) is 1.38. The predicted octanol–water partition coefficient (Wildman–Crippen LogP) is 4.57. The van der Waals surface area contributed by atoms with E-state index >= 15 is 0 Å². The summed E-state index contributed by atoms with van der Waals surface area (Å²) in [6.07, 6.45) is 3.60. The summed E-state index contributed by atoms with van der Waals surface area (Å²) in [5, 5.41) is 8.88. The lowest BCUT2D eigenvalue weighted by Gasteiger charge is -2.07. The molecule has 0 unspecified atom stereocenters. The van der Waals surface area contributed by atoms with E-state index in [1.165, 1.54) is 6.92 Å². The monoisotopic (exact) mass is 354 g/mol. The van der Waals surface area contributed by atoms with Gasteiger partial charge in [0.25, 0.3) is 0 Å². The highest BCUT2D eigenvalue weighted by atomic mass is 16.5. The van der Waals surface area contributed by atoms with E-state index in [2.05, 4.69) is 6.92 Å². The highest BCUT2D eigenvalue weighted by Crippen LogP contribution is 2.18. The molecule has 5 nitrogen and oxygen atoms in total. The fraction of sp³-hybridized carbons (Fsp3) is 0.238. The van der Waals surface area contributed by atoms with Crippen LogP contribution in [-0.4, -0.2) is 23.7 Å². The lowest BCUT2D eigenvalue weighted by Crippen LogP contribution is -2.08. The second-order valence-corrected chi connectivity index (χ2v) is 5.82. The van der Waals surface area contributed by atoms with Crippen LogP contribution in [0.25, 0.3) is 6.08 Å². The number of aliphatic carboxylic acids is 1. The van der Waals surface area contributed by atoms with Crippen LogP contribution in [0.15, 0.2) is 54.1 Å². The van der Waals surface area contributed by atoms with Gasteiger partial charge in [-0.15, -0.1) is 0 Å². The molecular weight excluding hydrogens is 332 g/mol. The molecule has 0 aliphatic carbocycles. The number of carbonyl (C=O) groups excluding carboxylic acids is 1. The van der Waals surface area contributed by atoms with Gasteiger partial charge in [0.05, 0.1) is 12.2 Å². The Kier molecular flexibility index (Phi) is 6.97. The maximum Gasteiger partial charge on any atom is 0.343 e. The number of esters is 1. The molecular formula is C21H22O5. The van der Waals surface area contributed by atoms with Gasteiger partial charge in [0.2, 0.25) is 0 Å². The topological polar surface area (TPSA) is 72.8 Å². The van der Waals surface area contributed by atoms with Crippen molar-refractivity contribution in [2.45, 2.75) is 26.7 Å². The third kappa shape index (κ3) is 5.77. The molecule has 0 spiro atoms. The molecule has 0 fully saturated rings. The van der Waals surface area contributed by atoms with Gasteiger partial charge < -0.3 is 14.6 Å². The number of carboxylic acids is 1. The largest absolute Gasteiger partial charge is 0.494 e. The van der Waals surface area contributed by atoms with Crippen molar-refractivity contribution in [3.05, 3.63) is 65.2 Å². The highest BCUT2D eigenvalue weighted by molar-refractivity contribution is 5.92. The smallest absolute Gasteiger partial charge is 0.343 e. The summed E-state index contributed by atoms with van der Waals surface area (Å²) in [4.78, 5) is 23.0. The minimum atomic E-state index is -0.970. The zero-order valence-electron chi connectivity index (χ0n) is 14.9. The Morgan fingerprint density at radius 3 is 2.19 bits per heavy atom. The van der Waals surface area contributed by atoms with Crippen LogP contribution in [0.5, 0.6) is 11.5 Å². The van der Waals surface area contributed by atoms with Crippen LogP contribution in [0.3, 0.4) is 0 Å². The second-order valence-electron chi connectivity index (χ2n) is 5.82. The van der Waals surface area contributed by atoms with Crippen molar-refractivity contribution in [1.29, 1.82) is 0 Å². The third-order valence-corrected chi connectivity index (χ3v) is 3.67. The third-order valence-electron chi connectivity index (χ3n) is 3.67. The molecule has 0 radical (unpaired) electrons. The van der Waals surface area contributed by atoms with E-state index in [0.29, 0.717) is 17.9 Å². The van der Waals surface area contributed by atoms with Crippen molar-refractivity contribution >= 4 is 18.0 Å². The number of rotatable bonds is 8. The Morgan fingerprint density at radius 2 is 1.62 bits per heavy atom. The average molecular weight is 354 g/mol. The number of ether oxygens (including phenoxy) is 2. The lowest BCUT2D eigenvalue weighted by atomic mass is 10.1. The highest BCUT2D eigenvalue weighted by Gasteiger charge is 2.09. The number of carboxylic acid groups (broad SMARTS) is 1. The minimum absolute atomic E-state index is 0.232. The summed E-state index contributed by atoms with van der Waals surface area (Å²) in [5.74, 6) is -0.318. The van der Waals surface area contributed by atoms with Gasteiger partial charge in [-0.1, -0.05) is 25.5 Å². The molecule has 0 aliphatic rings. The van der Waals surface area contributed by atoms with E-state index in [1.807, 2.05) is 0 Å². The van der Waals surface area contributed by atoms with Gasteiger partial charge in [0, 0.05) is 5.57 Å². The van der Waals surface area contributed by atoms with E-state index in [4.69, 9.17) is 14.6 Å². The Bertz CT molecular complexity index is 773. The van der Waals surface area contributed by atoms with Gasteiger partial charge in [-0.3, -0.25) is 0 Å². The van der Waals surface area contributed by atoms with Crippen molar-refractivity contribution in [3.63, 3.8) is 0 Å². The predicted molar refractivity (Wildman–Crippen MR) is 99.5 cm³/mol. The fourth-order valence-corrected chi connectivity index (χ4v) is 2.13. The zero-order chi connectivity index (χ0) is 18.9. The van der Waals surface area contributed by atoms with Crippen LogP contribution in [0, 0.1) is 0 Å². The number of unbranched alkanes of at least 4 members (excludes halogenated alkanes) is 1. The van der Waals surface area contributed by atoms with Crippen molar-refractivity contribution in [3.8, 4) is 11.5 Å². The van der Waals surface area contributed by atoms with Gasteiger partial charge >= 0.3 is 11.9 Å². The molecule has 2 rings (SSSR count). The Labute approximate surface area is 152 Å². The van der Waals surface area contributed by atoms with Crippen LogP contribution < -0.4 is 9.47 Å². The normalized spacial score (nSPS) is 11.1. The first kappa shape index (κ1) is 19.2. The second kappa shape index (κ2) is 9.42.